The van der Waals surface area contributed by atoms with Crippen molar-refractivity contribution in [2.24, 2.45) is 5.92 Å². The van der Waals surface area contributed by atoms with Crippen LogP contribution in [0.1, 0.15) is 56.4 Å². The molecule has 3 rings (SSSR count). The van der Waals surface area contributed by atoms with Crippen LogP contribution in [0.25, 0.3) is 0 Å². The Hall–Kier alpha value is -0.870. The van der Waals surface area contributed by atoms with Gasteiger partial charge >= 0.3 is 0 Å². The Morgan fingerprint density at radius 2 is 2.15 bits per heavy atom. The number of aromatic nitrogens is 2. The van der Waals surface area contributed by atoms with E-state index in [4.69, 9.17) is 4.98 Å². The van der Waals surface area contributed by atoms with Gasteiger partial charge in [0.15, 0.2) is 0 Å². The zero-order valence-electron chi connectivity index (χ0n) is 13.3. The van der Waals surface area contributed by atoms with Crippen molar-refractivity contribution in [3.05, 3.63) is 17.2 Å². The standard InChI is InChI=1S/C16H28N4/c1-11(2)16-18-13-9-17-7-5-15(13)20(16)14-6-8-19(4)10-12(14)3/h11-12,14,17H,5-10H2,1-4H3. The molecule has 4 heteroatoms. The maximum atomic E-state index is 4.97. The second-order valence-corrected chi connectivity index (χ2v) is 6.91. The molecule has 0 saturated carbocycles. The average molecular weight is 276 g/mol. The summed E-state index contributed by atoms with van der Waals surface area (Å²) in [6.07, 6.45) is 2.39. The summed E-state index contributed by atoms with van der Waals surface area (Å²) in [5.41, 5.74) is 2.81. The van der Waals surface area contributed by atoms with Gasteiger partial charge in [-0.05, 0) is 25.9 Å². The molecule has 2 aliphatic heterocycles. The van der Waals surface area contributed by atoms with E-state index in [0.717, 1.165) is 19.5 Å². The molecule has 2 unspecified atom stereocenters. The lowest BCUT2D eigenvalue weighted by Gasteiger charge is -2.37. The summed E-state index contributed by atoms with van der Waals surface area (Å²) in [7, 11) is 2.24. The van der Waals surface area contributed by atoms with Crippen molar-refractivity contribution < 1.29 is 0 Å². The van der Waals surface area contributed by atoms with Gasteiger partial charge in [0.05, 0.1) is 5.69 Å². The Bertz CT molecular complexity index is 477. The van der Waals surface area contributed by atoms with E-state index in [1.165, 1.54) is 36.7 Å². The average Bonchev–Trinajstić information content (AvgIpc) is 2.78. The first kappa shape index (κ1) is 14.1. The number of hydrogen-bond acceptors (Lipinski definition) is 3. The largest absolute Gasteiger partial charge is 0.328 e. The minimum absolute atomic E-state index is 0.507. The van der Waals surface area contributed by atoms with E-state index in [2.05, 4.69) is 42.6 Å². The van der Waals surface area contributed by atoms with E-state index in [9.17, 15) is 0 Å². The van der Waals surface area contributed by atoms with Crippen LogP contribution in [0.2, 0.25) is 0 Å². The highest BCUT2D eigenvalue weighted by atomic mass is 15.2. The van der Waals surface area contributed by atoms with Crippen molar-refractivity contribution in [3.63, 3.8) is 0 Å². The van der Waals surface area contributed by atoms with E-state index < -0.39 is 0 Å². The number of rotatable bonds is 2. The maximum absolute atomic E-state index is 4.97. The number of hydrogen-bond donors (Lipinski definition) is 1. The molecule has 1 aromatic rings. The van der Waals surface area contributed by atoms with Crippen LogP contribution >= 0.6 is 0 Å². The van der Waals surface area contributed by atoms with Gasteiger partial charge in [-0.1, -0.05) is 20.8 Å². The van der Waals surface area contributed by atoms with Crippen molar-refractivity contribution in [3.8, 4) is 0 Å². The van der Waals surface area contributed by atoms with Gasteiger partial charge in [-0.3, -0.25) is 0 Å². The molecule has 0 radical (unpaired) electrons. The van der Waals surface area contributed by atoms with Crippen molar-refractivity contribution in [2.75, 3.05) is 26.7 Å². The molecular formula is C16H28N4. The molecule has 0 spiro atoms. The lowest BCUT2D eigenvalue weighted by atomic mass is 9.92. The molecule has 0 aromatic carbocycles. The van der Waals surface area contributed by atoms with Gasteiger partial charge in [0.2, 0.25) is 0 Å². The molecule has 1 N–H and O–H groups in total. The van der Waals surface area contributed by atoms with Crippen LogP contribution in [-0.4, -0.2) is 41.1 Å². The van der Waals surface area contributed by atoms with Crippen LogP contribution in [-0.2, 0) is 13.0 Å². The van der Waals surface area contributed by atoms with Crippen LogP contribution in [0.4, 0.5) is 0 Å². The molecule has 2 aliphatic rings. The molecule has 4 nitrogen and oxygen atoms in total. The number of likely N-dealkylation sites (tertiary alicyclic amines) is 1. The minimum Gasteiger partial charge on any atom is -0.328 e. The fourth-order valence-electron chi connectivity index (χ4n) is 3.86. The highest BCUT2D eigenvalue weighted by molar-refractivity contribution is 5.23. The molecule has 1 saturated heterocycles. The number of piperidine rings is 1. The minimum atomic E-state index is 0.507. The smallest absolute Gasteiger partial charge is 0.112 e. The molecule has 112 valence electrons. The summed E-state index contributed by atoms with van der Waals surface area (Å²) in [6, 6.07) is 0.637. The van der Waals surface area contributed by atoms with Crippen LogP contribution in [0, 0.1) is 5.92 Å². The normalized spacial score (nSPS) is 27.9. The summed E-state index contributed by atoms with van der Waals surface area (Å²) in [4.78, 5) is 7.43. The Kier molecular flexibility index (Phi) is 3.87. The SMILES string of the molecule is CC(C)c1nc2c(n1C1CCN(C)CC1C)CCNC2. The molecule has 3 heterocycles. The lowest BCUT2D eigenvalue weighted by Crippen LogP contribution is -2.39. The molecule has 0 aliphatic carbocycles. The van der Waals surface area contributed by atoms with Crippen LogP contribution in [0.15, 0.2) is 0 Å². The summed E-state index contributed by atoms with van der Waals surface area (Å²) >= 11 is 0. The summed E-state index contributed by atoms with van der Waals surface area (Å²) in [6.45, 7) is 11.4. The summed E-state index contributed by atoms with van der Waals surface area (Å²) in [5.74, 6) is 2.52. The summed E-state index contributed by atoms with van der Waals surface area (Å²) in [5, 5.41) is 3.46. The van der Waals surface area contributed by atoms with Gasteiger partial charge in [-0.15, -0.1) is 0 Å². The fourth-order valence-corrected chi connectivity index (χ4v) is 3.86. The molecule has 20 heavy (non-hydrogen) atoms. The highest BCUT2D eigenvalue weighted by Crippen LogP contribution is 2.34. The third kappa shape index (κ3) is 2.40. The fraction of sp³-hybridized carbons (Fsp3) is 0.812. The van der Waals surface area contributed by atoms with Crippen molar-refractivity contribution in [1.82, 2.24) is 19.8 Å². The molecule has 1 aromatic heterocycles. The van der Waals surface area contributed by atoms with E-state index in [0.29, 0.717) is 17.9 Å². The van der Waals surface area contributed by atoms with Gasteiger partial charge in [0.1, 0.15) is 5.82 Å². The Balaban J connectivity index is 2.00. The Morgan fingerprint density at radius 1 is 1.35 bits per heavy atom. The topological polar surface area (TPSA) is 33.1 Å². The third-order valence-corrected chi connectivity index (χ3v) is 4.86. The van der Waals surface area contributed by atoms with E-state index in [1.54, 1.807) is 0 Å². The van der Waals surface area contributed by atoms with Gasteiger partial charge in [0.25, 0.3) is 0 Å². The monoisotopic (exact) mass is 276 g/mol. The summed E-state index contributed by atoms with van der Waals surface area (Å²) < 4.78 is 2.62. The molecule has 1 fully saturated rings. The molecule has 0 bridgehead atoms. The Labute approximate surface area is 122 Å². The van der Waals surface area contributed by atoms with Crippen LogP contribution in [0.3, 0.4) is 0 Å². The first-order valence-corrected chi connectivity index (χ1v) is 8.07. The highest BCUT2D eigenvalue weighted by Gasteiger charge is 2.31. The zero-order chi connectivity index (χ0) is 14.3. The Morgan fingerprint density at radius 3 is 2.85 bits per heavy atom. The van der Waals surface area contributed by atoms with E-state index >= 15 is 0 Å². The van der Waals surface area contributed by atoms with Crippen molar-refractivity contribution in [2.45, 2.75) is 52.1 Å². The van der Waals surface area contributed by atoms with Crippen LogP contribution in [0.5, 0.6) is 0 Å². The van der Waals surface area contributed by atoms with Crippen molar-refractivity contribution >= 4 is 0 Å². The predicted octanol–water partition coefficient (Wildman–Crippen LogP) is 2.16. The number of nitrogens with zero attached hydrogens (tertiary/aromatic N) is 3. The molecular weight excluding hydrogens is 248 g/mol. The maximum Gasteiger partial charge on any atom is 0.112 e. The van der Waals surface area contributed by atoms with Crippen LogP contribution < -0.4 is 5.32 Å². The van der Waals surface area contributed by atoms with E-state index in [1.807, 2.05) is 0 Å². The number of nitrogens with one attached hydrogen (secondary N) is 1. The van der Waals surface area contributed by atoms with Gasteiger partial charge in [-0.2, -0.15) is 0 Å². The second-order valence-electron chi connectivity index (χ2n) is 6.91. The van der Waals surface area contributed by atoms with Crippen molar-refractivity contribution in [1.29, 1.82) is 0 Å². The number of imidazole rings is 1. The zero-order valence-corrected chi connectivity index (χ0v) is 13.3. The van der Waals surface area contributed by atoms with Gasteiger partial charge in [-0.25, -0.2) is 4.98 Å². The predicted molar refractivity (Wildman–Crippen MR) is 82.0 cm³/mol. The first-order valence-electron chi connectivity index (χ1n) is 8.07. The van der Waals surface area contributed by atoms with E-state index in [-0.39, 0.29) is 0 Å². The first-order chi connectivity index (χ1) is 9.58. The third-order valence-electron chi connectivity index (χ3n) is 4.86. The lowest BCUT2D eigenvalue weighted by molar-refractivity contribution is 0.154. The molecule has 0 amide bonds. The van der Waals surface area contributed by atoms with Gasteiger partial charge < -0.3 is 14.8 Å². The molecule has 2 atom stereocenters. The van der Waals surface area contributed by atoms with Gasteiger partial charge in [0, 0.05) is 43.7 Å². The second kappa shape index (κ2) is 5.49. The number of fused-ring (bicyclic) bond motifs is 1. The quantitative estimate of drug-likeness (QED) is 0.898.